The van der Waals surface area contributed by atoms with Crippen LogP contribution >= 0.6 is 7.82 Å². The molecule has 15 heavy (non-hydrogen) atoms. The molecule has 84 valence electrons. The largest absolute Gasteiger partial charge is 0.475 e. The van der Waals surface area contributed by atoms with E-state index < -0.39 is 7.82 Å². The van der Waals surface area contributed by atoms with Crippen LogP contribution < -0.4 is 0 Å². The Morgan fingerprint density at radius 2 is 2.13 bits per heavy atom. The molecular weight excluding hydrogens is 215 g/mol. The van der Waals surface area contributed by atoms with Gasteiger partial charge < -0.3 is 0 Å². The van der Waals surface area contributed by atoms with Crippen LogP contribution in [0.15, 0.2) is 24.3 Å². The third-order valence-electron chi connectivity index (χ3n) is 2.21. The Balaban J connectivity index is 2.05. The molecule has 0 saturated carbocycles. The maximum Gasteiger partial charge on any atom is 0.475 e. The fraction of sp³-hybridized carbons (Fsp3) is 0.600. The van der Waals surface area contributed by atoms with E-state index >= 15 is 0 Å². The molecule has 1 fully saturated rings. The Bertz CT molecular complexity index is 334. The van der Waals surface area contributed by atoms with Crippen molar-refractivity contribution in [3.05, 3.63) is 24.3 Å². The molecular formula is C10H15O4P. The first-order valence-corrected chi connectivity index (χ1v) is 6.51. The van der Waals surface area contributed by atoms with Gasteiger partial charge in [0.15, 0.2) is 0 Å². The Kier molecular flexibility index (Phi) is 3.12. The summed E-state index contributed by atoms with van der Waals surface area (Å²) in [7, 11) is -3.34. The summed E-state index contributed by atoms with van der Waals surface area (Å²) in [5, 5.41) is 0. The lowest BCUT2D eigenvalue weighted by atomic mass is 9.99. The first-order valence-electron chi connectivity index (χ1n) is 5.05. The third-order valence-corrected chi connectivity index (χ3v) is 3.85. The van der Waals surface area contributed by atoms with Crippen molar-refractivity contribution >= 4 is 7.82 Å². The second kappa shape index (κ2) is 4.22. The molecule has 0 spiro atoms. The predicted molar refractivity (Wildman–Crippen MR) is 56.4 cm³/mol. The Morgan fingerprint density at radius 3 is 2.87 bits per heavy atom. The number of fused-ring (bicyclic) bond motifs is 1. The Labute approximate surface area is 89.5 Å². The number of hydrogen-bond acceptors (Lipinski definition) is 4. The van der Waals surface area contributed by atoms with Gasteiger partial charge in [0.05, 0.1) is 18.8 Å². The SMILES string of the molecule is CC(C)OP1(=O)OCC2C=CC=CC2O1. The van der Waals surface area contributed by atoms with Gasteiger partial charge in [-0.1, -0.05) is 24.3 Å². The number of phosphoric acid groups is 1. The molecule has 1 aliphatic heterocycles. The van der Waals surface area contributed by atoms with Crippen molar-refractivity contribution in [1.29, 1.82) is 0 Å². The number of phosphoric ester groups is 1. The minimum atomic E-state index is -3.34. The molecule has 0 radical (unpaired) electrons. The van der Waals surface area contributed by atoms with Crippen LogP contribution in [0.1, 0.15) is 13.8 Å². The molecule has 2 rings (SSSR count). The first kappa shape index (κ1) is 11.1. The van der Waals surface area contributed by atoms with Gasteiger partial charge >= 0.3 is 7.82 Å². The highest BCUT2D eigenvalue weighted by atomic mass is 31.2. The van der Waals surface area contributed by atoms with Crippen LogP contribution in [0, 0.1) is 5.92 Å². The standard InChI is InChI=1S/C10H15O4P/c1-8(2)13-15(11)12-7-9-5-3-4-6-10(9)14-15/h3-6,8-10H,7H2,1-2H3. The van der Waals surface area contributed by atoms with Gasteiger partial charge in [-0.2, -0.15) is 0 Å². The van der Waals surface area contributed by atoms with Gasteiger partial charge in [0, 0.05) is 5.92 Å². The number of allylic oxidation sites excluding steroid dienone is 2. The summed E-state index contributed by atoms with van der Waals surface area (Å²) in [5.41, 5.74) is 0. The zero-order valence-electron chi connectivity index (χ0n) is 8.83. The smallest absolute Gasteiger partial charge is 0.286 e. The van der Waals surface area contributed by atoms with E-state index in [1.165, 1.54) is 0 Å². The molecule has 5 heteroatoms. The third kappa shape index (κ3) is 2.58. The lowest BCUT2D eigenvalue weighted by molar-refractivity contribution is 0.0119. The van der Waals surface area contributed by atoms with E-state index in [2.05, 4.69) is 0 Å². The van der Waals surface area contributed by atoms with Gasteiger partial charge in [0.2, 0.25) is 0 Å². The van der Waals surface area contributed by atoms with Crippen LogP contribution in [0.2, 0.25) is 0 Å². The van der Waals surface area contributed by atoms with E-state index in [9.17, 15) is 4.57 Å². The minimum absolute atomic E-state index is 0.146. The molecule has 4 nitrogen and oxygen atoms in total. The van der Waals surface area contributed by atoms with Crippen molar-refractivity contribution in [2.45, 2.75) is 26.1 Å². The molecule has 2 aliphatic rings. The van der Waals surface area contributed by atoms with Gasteiger partial charge in [-0.25, -0.2) is 4.57 Å². The summed E-state index contributed by atoms with van der Waals surface area (Å²) < 4.78 is 27.7. The summed E-state index contributed by atoms with van der Waals surface area (Å²) in [6.45, 7) is 3.99. The molecule has 3 atom stereocenters. The van der Waals surface area contributed by atoms with Gasteiger partial charge in [-0.3, -0.25) is 13.6 Å². The van der Waals surface area contributed by atoms with E-state index in [1.807, 2.05) is 24.3 Å². The van der Waals surface area contributed by atoms with E-state index in [-0.39, 0.29) is 18.1 Å². The molecule has 1 aliphatic carbocycles. The molecule has 0 bridgehead atoms. The molecule has 0 aromatic rings. The van der Waals surface area contributed by atoms with E-state index in [0.29, 0.717) is 6.61 Å². The van der Waals surface area contributed by atoms with Crippen molar-refractivity contribution in [1.82, 2.24) is 0 Å². The Hall–Kier alpha value is -0.410. The zero-order chi connectivity index (χ0) is 10.9. The maximum absolute atomic E-state index is 12.0. The van der Waals surface area contributed by atoms with E-state index in [4.69, 9.17) is 13.6 Å². The van der Waals surface area contributed by atoms with Crippen molar-refractivity contribution in [3.8, 4) is 0 Å². The monoisotopic (exact) mass is 230 g/mol. The molecule has 0 amide bonds. The van der Waals surface area contributed by atoms with Gasteiger partial charge in [-0.05, 0) is 13.8 Å². The van der Waals surface area contributed by atoms with Crippen LogP contribution in [0.3, 0.4) is 0 Å². The minimum Gasteiger partial charge on any atom is -0.286 e. The maximum atomic E-state index is 12.0. The fourth-order valence-corrected chi connectivity index (χ4v) is 3.13. The average molecular weight is 230 g/mol. The van der Waals surface area contributed by atoms with Crippen molar-refractivity contribution in [3.63, 3.8) is 0 Å². The van der Waals surface area contributed by atoms with Crippen LogP contribution in [0.5, 0.6) is 0 Å². The van der Waals surface area contributed by atoms with Crippen LogP contribution in [-0.2, 0) is 18.1 Å². The molecule has 0 N–H and O–H groups in total. The average Bonchev–Trinajstić information content (AvgIpc) is 2.15. The summed E-state index contributed by atoms with van der Waals surface area (Å²) >= 11 is 0. The summed E-state index contributed by atoms with van der Waals surface area (Å²) in [6.07, 6.45) is 7.33. The molecule has 0 aromatic carbocycles. The quantitative estimate of drug-likeness (QED) is 0.684. The van der Waals surface area contributed by atoms with Crippen LogP contribution in [0.4, 0.5) is 0 Å². The van der Waals surface area contributed by atoms with Gasteiger partial charge in [0.1, 0.15) is 0 Å². The lowest BCUT2D eigenvalue weighted by Crippen LogP contribution is -2.31. The second-order valence-corrected chi connectivity index (χ2v) is 5.48. The number of rotatable bonds is 2. The molecule has 0 aromatic heterocycles. The van der Waals surface area contributed by atoms with E-state index in [0.717, 1.165) is 0 Å². The second-order valence-electron chi connectivity index (χ2n) is 3.90. The molecule has 1 saturated heterocycles. The van der Waals surface area contributed by atoms with Crippen molar-refractivity contribution in [2.24, 2.45) is 5.92 Å². The topological polar surface area (TPSA) is 44.8 Å². The fourth-order valence-electron chi connectivity index (χ4n) is 1.57. The van der Waals surface area contributed by atoms with Crippen LogP contribution in [-0.4, -0.2) is 18.8 Å². The van der Waals surface area contributed by atoms with Gasteiger partial charge in [0.25, 0.3) is 0 Å². The van der Waals surface area contributed by atoms with Gasteiger partial charge in [-0.15, -0.1) is 0 Å². The lowest BCUT2D eigenvalue weighted by Gasteiger charge is -2.33. The van der Waals surface area contributed by atoms with Crippen molar-refractivity contribution in [2.75, 3.05) is 6.61 Å². The highest BCUT2D eigenvalue weighted by molar-refractivity contribution is 7.48. The van der Waals surface area contributed by atoms with Crippen molar-refractivity contribution < 1.29 is 18.1 Å². The number of hydrogen-bond donors (Lipinski definition) is 0. The highest BCUT2D eigenvalue weighted by Crippen LogP contribution is 2.56. The zero-order valence-corrected chi connectivity index (χ0v) is 9.72. The molecule has 1 heterocycles. The summed E-state index contributed by atoms with van der Waals surface area (Å²) in [4.78, 5) is 0. The first-order chi connectivity index (χ1) is 7.09. The highest BCUT2D eigenvalue weighted by Gasteiger charge is 2.40. The normalized spacial score (nSPS) is 39.4. The summed E-state index contributed by atoms with van der Waals surface area (Å²) in [6, 6.07) is 0. The summed E-state index contributed by atoms with van der Waals surface area (Å²) in [5.74, 6) is 0.146. The van der Waals surface area contributed by atoms with E-state index in [1.54, 1.807) is 13.8 Å². The predicted octanol–water partition coefficient (Wildman–Crippen LogP) is 2.68. The van der Waals surface area contributed by atoms with Crippen LogP contribution in [0.25, 0.3) is 0 Å². The Morgan fingerprint density at radius 1 is 1.40 bits per heavy atom. The molecule has 3 unspecified atom stereocenters.